The van der Waals surface area contributed by atoms with Crippen LogP contribution < -0.4 is 10.3 Å². The van der Waals surface area contributed by atoms with Crippen LogP contribution in [-0.2, 0) is 11.8 Å². The van der Waals surface area contributed by atoms with Crippen LogP contribution in [0, 0.1) is 5.82 Å². The number of hydrogen-bond donors (Lipinski definition) is 2. The zero-order valence-corrected chi connectivity index (χ0v) is 14.8. The minimum atomic E-state index is -1.17. The summed E-state index contributed by atoms with van der Waals surface area (Å²) in [5.74, 6) is -2.09. The average molecular weight is 385 g/mol. The molecule has 8 heteroatoms. The number of hydrogen-bond acceptors (Lipinski definition) is 5. The van der Waals surface area contributed by atoms with Crippen LogP contribution in [0.5, 0.6) is 17.2 Å². The van der Waals surface area contributed by atoms with E-state index in [2.05, 4.69) is 0 Å². The van der Waals surface area contributed by atoms with Gasteiger partial charge in [0.05, 0.1) is 11.9 Å². The molecule has 7 nitrogen and oxygen atoms in total. The summed E-state index contributed by atoms with van der Waals surface area (Å²) >= 11 is 0. The number of carboxylic acid groups (broad SMARTS) is 1. The fourth-order valence-electron chi connectivity index (χ4n) is 2.80. The van der Waals surface area contributed by atoms with E-state index in [1.54, 1.807) is 0 Å². The summed E-state index contributed by atoms with van der Waals surface area (Å²) < 4.78 is 19.8. The van der Waals surface area contributed by atoms with E-state index in [9.17, 15) is 23.9 Å². The highest BCUT2D eigenvalue weighted by Crippen LogP contribution is 2.31. The molecule has 0 fully saturated rings. The topological polar surface area (TPSA) is 106 Å². The summed E-state index contributed by atoms with van der Waals surface area (Å²) in [4.78, 5) is 35.4. The van der Waals surface area contributed by atoms with E-state index in [0.29, 0.717) is 17.0 Å². The van der Waals surface area contributed by atoms with Gasteiger partial charge >= 0.3 is 5.97 Å². The molecule has 0 amide bonds. The highest BCUT2D eigenvalue weighted by molar-refractivity contribution is 6.04. The normalized spacial score (nSPS) is 10.8. The van der Waals surface area contributed by atoms with E-state index in [0.717, 1.165) is 0 Å². The van der Waals surface area contributed by atoms with Gasteiger partial charge in [0, 0.05) is 24.9 Å². The van der Waals surface area contributed by atoms with Crippen LogP contribution in [0.4, 0.5) is 4.39 Å². The maximum absolute atomic E-state index is 13.0. The monoisotopic (exact) mass is 385 g/mol. The van der Waals surface area contributed by atoms with E-state index in [-0.39, 0.29) is 5.39 Å². The lowest BCUT2D eigenvalue weighted by Crippen LogP contribution is -2.25. The third-order valence-corrected chi connectivity index (χ3v) is 4.24. The number of ether oxygens (including phenoxy) is 1. The van der Waals surface area contributed by atoms with E-state index in [1.165, 1.54) is 54.1 Å². The van der Waals surface area contributed by atoms with Crippen molar-refractivity contribution in [1.29, 1.82) is 0 Å². The molecule has 0 aliphatic heterocycles. The molecule has 3 rings (SSSR count). The summed E-state index contributed by atoms with van der Waals surface area (Å²) in [6.45, 7) is 0. The zero-order valence-electron chi connectivity index (χ0n) is 14.8. The van der Waals surface area contributed by atoms with Crippen molar-refractivity contribution in [3.05, 3.63) is 64.2 Å². The molecule has 0 spiro atoms. The summed E-state index contributed by atoms with van der Waals surface area (Å²) in [5.41, 5.74) is -0.861. The Hall–Kier alpha value is -3.68. The number of ketones is 1. The fourth-order valence-corrected chi connectivity index (χ4v) is 2.80. The third kappa shape index (κ3) is 3.71. The number of Topliss-reactive ketones (excluding diaryl/α,β-unsaturated/α-hetero) is 1. The SMILES string of the molecule is Cn1c(=O)c(C(=O)CCC(=O)O)c(O)c2ccc(Oc3ccc(F)cc3)cc21. The molecular formula is C20H16FNO6. The van der Waals surface area contributed by atoms with Gasteiger partial charge in [-0.2, -0.15) is 0 Å². The number of aliphatic carboxylic acids is 1. The molecule has 0 saturated carbocycles. The van der Waals surface area contributed by atoms with Crippen molar-refractivity contribution in [3.63, 3.8) is 0 Å². The molecular weight excluding hydrogens is 369 g/mol. The predicted octanol–water partition coefficient (Wildman–Crippen LogP) is 3.22. The van der Waals surface area contributed by atoms with Crippen LogP contribution in [0.2, 0.25) is 0 Å². The van der Waals surface area contributed by atoms with Crippen LogP contribution in [0.3, 0.4) is 0 Å². The molecule has 0 saturated heterocycles. The number of benzene rings is 2. The Bertz CT molecular complexity index is 1130. The number of pyridine rings is 1. The Morgan fingerprint density at radius 2 is 1.71 bits per heavy atom. The van der Waals surface area contributed by atoms with E-state index >= 15 is 0 Å². The smallest absolute Gasteiger partial charge is 0.303 e. The Morgan fingerprint density at radius 3 is 2.36 bits per heavy atom. The second-order valence-corrected chi connectivity index (χ2v) is 6.14. The van der Waals surface area contributed by atoms with Crippen molar-refractivity contribution in [2.45, 2.75) is 12.8 Å². The van der Waals surface area contributed by atoms with Gasteiger partial charge in [-0.05, 0) is 36.4 Å². The lowest BCUT2D eigenvalue weighted by atomic mass is 10.0. The molecule has 144 valence electrons. The molecule has 0 bridgehead atoms. The fraction of sp³-hybridized carbons (Fsp3) is 0.150. The van der Waals surface area contributed by atoms with Gasteiger partial charge in [-0.1, -0.05) is 0 Å². The molecule has 0 unspecified atom stereocenters. The number of rotatable bonds is 6. The molecule has 1 heterocycles. The minimum Gasteiger partial charge on any atom is -0.506 e. The maximum Gasteiger partial charge on any atom is 0.303 e. The van der Waals surface area contributed by atoms with Crippen molar-refractivity contribution >= 4 is 22.7 Å². The molecule has 3 aromatic rings. The number of nitrogens with zero attached hydrogens (tertiary/aromatic N) is 1. The van der Waals surface area contributed by atoms with E-state index < -0.39 is 47.3 Å². The largest absolute Gasteiger partial charge is 0.506 e. The van der Waals surface area contributed by atoms with E-state index in [1.807, 2.05) is 0 Å². The number of halogens is 1. The van der Waals surface area contributed by atoms with Gasteiger partial charge in [-0.15, -0.1) is 0 Å². The van der Waals surface area contributed by atoms with Crippen LogP contribution in [-0.4, -0.2) is 26.5 Å². The first-order valence-corrected chi connectivity index (χ1v) is 8.32. The average Bonchev–Trinajstić information content (AvgIpc) is 2.66. The molecule has 0 atom stereocenters. The Kier molecular flexibility index (Phi) is 5.12. The first kappa shape index (κ1) is 19.1. The van der Waals surface area contributed by atoms with Gasteiger partial charge in [0.1, 0.15) is 28.6 Å². The van der Waals surface area contributed by atoms with Crippen LogP contribution in [0.1, 0.15) is 23.2 Å². The van der Waals surface area contributed by atoms with Crippen molar-refractivity contribution in [3.8, 4) is 17.2 Å². The first-order valence-electron chi connectivity index (χ1n) is 8.32. The second kappa shape index (κ2) is 7.51. The predicted molar refractivity (Wildman–Crippen MR) is 98.5 cm³/mol. The number of aromatic nitrogens is 1. The Labute approximate surface area is 158 Å². The van der Waals surface area contributed by atoms with Gasteiger partial charge in [0.2, 0.25) is 0 Å². The van der Waals surface area contributed by atoms with Crippen molar-refractivity contribution in [1.82, 2.24) is 4.57 Å². The molecule has 0 aliphatic carbocycles. The van der Waals surface area contributed by atoms with Gasteiger partial charge in [-0.25, -0.2) is 4.39 Å². The van der Waals surface area contributed by atoms with E-state index in [4.69, 9.17) is 9.84 Å². The number of carboxylic acids is 1. The molecule has 2 aromatic carbocycles. The standard InChI is InChI=1S/C20H16FNO6/c1-22-15-10-13(28-12-4-2-11(21)3-5-12)6-7-14(15)19(26)18(20(22)27)16(23)8-9-17(24)25/h2-7,10,26H,8-9H2,1H3,(H,24,25). The number of aromatic hydroxyl groups is 1. The second-order valence-electron chi connectivity index (χ2n) is 6.14. The molecule has 1 aromatic heterocycles. The minimum absolute atomic E-state index is 0.243. The number of carbonyl (C=O) groups excluding carboxylic acids is 1. The molecule has 2 N–H and O–H groups in total. The van der Waals surface area contributed by atoms with Gasteiger partial charge in [-0.3, -0.25) is 14.4 Å². The lowest BCUT2D eigenvalue weighted by Gasteiger charge is -2.13. The van der Waals surface area contributed by atoms with Crippen molar-refractivity contribution in [2.75, 3.05) is 0 Å². The zero-order chi connectivity index (χ0) is 20.4. The highest BCUT2D eigenvalue weighted by atomic mass is 19.1. The van der Waals surface area contributed by atoms with Crippen molar-refractivity contribution in [2.24, 2.45) is 7.05 Å². The maximum atomic E-state index is 13.0. The Balaban J connectivity index is 2.03. The quantitative estimate of drug-likeness (QED) is 0.631. The number of carbonyl (C=O) groups is 2. The van der Waals surface area contributed by atoms with Crippen LogP contribution in [0.25, 0.3) is 10.9 Å². The highest BCUT2D eigenvalue weighted by Gasteiger charge is 2.22. The molecule has 0 radical (unpaired) electrons. The Morgan fingerprint density at radius 1 is 1.07 bits per heavy atom. The first-order chi connectivity index (χ1) is 13.3. The van der Waals surface area contributed by atoms with Gasteiger partial charge in [0.25, 0.3) is 5.56 Å². The summed E-state index contributed by atoms with van der Waals surface area (Å²) in [6.07, 6.45) is -0.834. The van der Waals surface area contributed by atoms with Gasteiger partial charge < -0.3 is 19.5 Å². The molecule has 0 aliphatic rings. The summed E-state index contributed by atoms with van der Waals surface area (Å²) in [5, 5.41) is 19.4. The van der Waals surface area contributed by atoms with Crippen LogP contribution >= 0.6 is 0 Å². The summed E-state index contributed by atoms with van der Waals surface area (Å²) in [6, 6.07) is 9.89. The lowest BCUT2D eigenvalue weighted by molar-refractivity contribution is -0.136. The number of aryl methyl sites for hydroxylation is 1. The van der Waals surface area contributed by atoms with Crippen LogP contribution in [0.15, 0.2) is 47.3 Å². The van der Waals surface area contributed by atoms with Gasteiger partial charge in [0.15, 0.2) is 5.78 Å². The summed E-state index contributed by atoms with van der Waals surface area (Å²) in [7, 11) is 1.43. The molecule has 28 heavy (non-hydrogen) atoms. The van der Waals surface area contributed by atoms with Crippen molar-refractivity contribution < 1.29 is 28.9 Å². The number of fused-ring (bicyclic) bond motifs is 1. The third-order valence-electron chi connectivity index (χ3n) is 4.24.